The number of rotatable bonds is 6. The monoisotopic (exact) mass is 325 g/mol. The highest BCUT2D eigenvalue weighted by Crippen LogP contribution is 2.23. The zero-order valence-electron chi connectivity index (χ0n) is 12.3. The molecule has 0 bridgehead atoms. The topological polar surface area (TPSA) is 104 Å². The second-order valence-corrected chi connectivity index (χ2v) is 7.03. The van der Waals surface area contributed by atoms with E-state index in [1.54, 1.807) is 18.2 Å². The molecule has 2 rings (SSSR count). The van der Waals surface area contributed by atoms with Crippen LogP contribution in [0.3, 0.4) is 0 Å². The van der Waals surface area contributed by atoms with Crippen LogP contribution in [0, 0.1) is 0 Å². The lowest BCUT2D eigenvalue weighted by Crippen LogP contribution is -2.29. The van der Waals surface area contributed by atoms with Crippen LogP contribution in [0.2, 0.25) is 0 Å². The summed E-state index contributed by atoms with van der Waals surface area (Å²) in [6.07, 6.45) is 2.66. The van der Waals surface area contributed by atoms with Crippen LogP contribution in [0.5, 0.6) is 0 Å². The van der Waals surface area contributed by atoms with E-state index in [4.69, 9.17) is 0 Å². The number of anilines is 1. The third-order valence-electron chi connectivity index (χ3n) is 3.27. The van der Waals surface area contributed by atoms with Gasteiger partial charge in [-0.05, 0) is 36.6 Å². The van der Waals surface area contributed by atoms with Gasteiger partial charge in [0.05, 0.1) is 6.26 Å². The maximum atomic E-state index is 12.0. The number of carbonyl (C=O) groups excluding carboxylic acids is 2. The number of hydrogen-bond donors (Lipinski definition) is 3. The highest BCUT2D eigenvalue weighted by Gasteiger charge is 2.16. The number of fused-ring (bicyclic) bond motifs is 1. The van der Waals surface area contributed by atoms with Gasteiger partial charge in [0.1, 0.15) is 0 Å². The third-order valence-corrected chi connectivity index (χ3v) is 3.99. The van der Waals surface area contributed by atoms with Crippen molar-refractivity contribution in [3.05, 3.63) is 29.3 Å². The molecule has 120 valence electrons. The molecule has 0 atom stereocenters. The molecule has 1 aliphatic rings. The number of amides is 2. The quantitative estimate of drug-likeness (QED) is 0.652. The molecule has 0 spiro atoms. The molecule has 0 fully saturated rings. The van der Waals surface area contributed by atoms with Gasteiger partial charge in [-0.2, -0.15) is 0 Å². The molecule has 1 aliphatic heterocycles. The summed E-state index contributed by atoms with van der Waals surface area (Å²) in [5.41, 5.74) is 2.24. The Morgan fingerprint density at radius 3 is 2.77 bits per heavy atom. The summed E-state index contributed by atoms with van der Waals surface area (Å²) in [5.74, 6) is -0.220. The second kappa shape index (κ2) is 6.89. The maximum absolute atomic E-state index is 12.0. The molecule has 0 radical (unpaired) electrons. The Morgan fingerprint density at radius 1 is 1.27 bits per heavy atom. The first-order valence-corrected chi connectivity index (χ1v) is 8.90. The summed E-state index contributed by atoms with van der Waals surface area (Å²) in [4.78, 5) is 23.3. The SMILES string of the molecule is CS(=O)(=O)NCCCNC(=O)c1ccc2c(c1)CCC(=O)N2. The van der Waals surface area contributed by atoms with Crippen molar-refractivity contribution in [3.63, 3.8) is 0 Å². The lowest BCUT2D eigenvalue weighted by molar-refractivity contribution is -0.116. The van der Waals surface area contributed by atoms with Gasteiger partial charge in [0.25, 0.3) is 5.91 Å². The lowest BCUT2D eigenvalue weighted by Gasteiger charge is -2.17. The molecule has 0 aromatic heterocycles. The normalized spacial score (nSPS) is 14.1. The van der Waals surface area contributed by atoms with Crippen molar-refractivity contribution in [1.82, 2.24) is 10.0 Å². The molecule has 8 heteroatoms. The highest BCUT2D eigenvalue weighted by molar-refractivity contribution is 7.88. The van der Waals surface area contributed by atoms with Crippen molar-refractivity contribution in [2.75, 3.05) is 24.7 Å². The molecule has 3 N–H and O–H groups in total. The molecule has 0 saturated carbocycles. The largest absolute Gasteiger partial charge is 0.352 e. The van der Waals surface area contributed by atoms with Gasteiger partial charge in [-0.15, -0.1) is 0 Å². The van der Waals surface area contributed by atoms with Crippen molar-refractivity contribution in [1.29, 1.82) is 0 Å². The Kier molecular flexibility index (Phi) is 5.15. The Morgan fingerprint density at radius 2 is 2.05 bits per heavy atom. The summed E-state index contributed by atoms with van der Waals surface area (Å²) < 4.78 is 24.1. The van der Waals surface area contributed by atoms with Crippen LogP contribution >= 0.6 is 0 Å². The van der Waals surface area contributed by atoms with E-state index >= 15 is 0 Å². The molecule has 22 heavy (non-hydrogen) atoms. The minimum Gasteiger partial charge on any atom is -0.352 e. The zero-order valence-corrected chi connectivity index (χ0v) is 13.1. The standard InChI is InChI=1S/C14H19N3O4S/c1-22(20,21)16-8-2-7-15-14(19)11-3-5-12-10(9-11)4-6-13(18)17-12/h3,5,9,16H,2,4,6-8H2,1H3,(H,15,19)(H,17,18). The fourth-order valence-electron chi connectivity index (χ4n) is 2.17. The first-order valence-electron chi connectivity index (χ1n) is 7.01. The summed E-state index contributed by atoms with van der Waals surface area (Å²) in [6.45, 7) is 0.671. The van der Waals surface area contributed by atoms with E-state index in [2.05, 4.69) is 15.4 Å². The van der Waals surface area contributed by atoms with Crippen LogP contribution in [0.15, 0.2) is 18.2 Å². The van der Waals surface area contributed by atoms with Gasteiger partial charge >= 0.3 is 0 Å². The van der Waals surface area contributed by atoms with Gasteiger partial charge in [0.15, 0.2) is 0 Å². The van der Waals surface area contributed by atoms with Crippen LogP contribution in [-0.2, 0) is 21.2 Å². The molecule has 2 amide bonds. The predicted molar refractivity (Wildman–Crippen MR) is 83.2 cm³/mol. The number of aryl methyl sites for hydroxylation is 1. The Bertz CT molecular complexity index is 685. The highest BCUT2D eigenvalue weighted by atomic mass is 32.2. The first kappa shape index (κ1) is 16.4. The van der Waals surface area contributed by atoms with Gasteiger partial charge in [0, 0.05) is 30.8 Å². The average molecular weight is 325 g/mol. The fourth-order valence-corrected chi connectivity index (χ4v) is 2.69. The van der Waals surface area contributed by atoms with Crippen molar-refractivity contribution >= 4 is 27.5 Å². The molecule has 0 unspecified atom stereocenters. The van der Waals surface area contributed by atoms with Gasteiger partial charge in [-0.1, -0.05) is 0 Å². The minimum absolute atomic E-state index is 0.0110. The molecule has 0 saturated heterocycles. The maximum Gasteiger partial charge on any atom is 0.251 e. The summed E-state index contributed by atoms with van der Waals surface area (Å²) in [5, 5.41) is 5.50. The van der Waals surface area contributed by atoms with Gasteiger partial charge in [-0.3, -0.25) is 9.59 Å². The smallest absolute Gasteiger partial charge is 0.251 e. The molecule has 7 nitrogen and oxygen atoms in total. The van der Waals surface area contributed by atoms with Crippen molar-refractivity contribution < 1.29 is 18.0 Å². The van der Waals surface area contributed by atoms with E-state index in [0.717, 1.165) is 17.5 Å². The van der Waals surface area contributed by atoms with Gasteiger partial charge in [-0.25, -0.2) is 13.1 Å². The Hall–Kier alpha value is -1.93. The number of nitrogens with one attached hydrogen (secondary N) is 3. The van der Waals surface area contributed by atoms with Crippen LogP contribution in [0.25, 0.3) is 0 Å². The Labute approximate surface area is 129 Å². The number of sulfonamides is 1. The minimum atomic E-state index is -3.19. The van der Waals surface area contributed by atoms with E-state index in [-0.39, 0.29) is 18.4 Å². The van der Waals surface area contributed by atoms with Crippen LogP contribution < -0.4 is 15.4 Å². The molecule has 1 aromatic carbocycles. The molecule has 1 aromatic rings. The third kappa shape index (κ3) is 4.81. The zero-order chi connectivity index (χ0) is 16.2. The van der Waals surface area contributed by atoms with Crippen LogP contribution in [0.4, 0.5) is 5.69 Å². The lowest BCUT2D eigenvalue weighted by atomic mass is 10.00. The molecule has 0 aliphatic carbocycles. The van der Waals surface area contributed by atoms with Crippen LogP contribution in [-0.4, -0.2) is 39.6 Å². The summed E-state index contributed by atoms with van der Waals surface area (Å²) in [6, 6.07) is 5.17. The summed E-state index contributed by atoms with van der Waals surface area (Å²) >= 11 is 0. The fraction of sp³-hybridized carbons (Fsp3) is 0.429. The number of carbonyl (C=O) groups is 2. The van der Waals surface area contributed by atoms with Crippen LogP contribution in [0.1, 0.15) is 28.8 Å². The predicted octanol–water partition coefficient (Wildman–Crippen LogP) is 0.240. The average Bonchev–Trinajstić information content (AvgIpc) is 2.45. The van der Waals surface area contributed by atoms with Gasteiger partial charge < -0.3 is 10.6 Å². The van der Waals surface area contributed by atoms with E-state index in [0.29, 0.717) is 31.4 Å². The number of hydrogen-bond acceptors (Lipinski definition) is 4. The second-order valence-electron chi connectivity index (χ2n) is 5.20. The van der Waals surface area contributed by atoms with Crippen molar-refractivity contribution in [3.8, 4) is 0 Å². The van der Waals surface area contributed by atoms with E-state index in [9.17, 15) is 18.0 Å². The first-order chi connectivity index (χ1) is 10.3. The van der Waals surface area contributed by atoms with Gasteiger partial charge in [0.2, 0.25) is 15.9 Å². The van der Waals surface area contributed by atoms with E-state index in [1.807, 2.05) is 0 Å². The molecular formula is C14H19N3O4S. The molecular weight excluding hydrogens is 306 g/mol. The Balaban J connectivity index is 1.84. The number of benzene rings is 1. The molecule has 1 heterocycles. The summed E-state index contributed by atoms with van der Waals surface area (Å²) in [7, 11) is -3.19. The van der Waals surface area contributed by atoms with Crippen molar-refractivity contribution in [2.24, 2.45) is 0 Å². The van der Waals surface area contributed by atoms with E-state index in [1.165, 1.54) is 0 Å². The van der Waals surface area contributed by atoms with E-state index < -0.39 is 10.0 Å². The van der Waals surface area contributed by atoms with Crippen molar-refractivity contribution in [2.45, 2.75) is 19.3 Å².